The highest BCUT2D eigenvalue weighted by atomic mass is 32.2. The number of aryl methyl sites for hydroxylation is 1. The first-order chi connectivity index (χ1) is 12.7. The van der Waals surface area contributed by atoms with E-state index in [2.05, 4.69) is 25.6 Å². The number of rotatable bonds is 5. The topological polar surface area (TPSA) is 143 Å². The predicted molar refractivity (Wildman–Crippen MR) is 98.2 cm³/mol. The Kier molecular flexibility index (Phi) is 4.88. The summed E-state index contributed by atoms with van der Waals surface area (Å²) in [7, 11) is -4.44. The van der Waals surface area contributed by atoms with E-state index in [1.54, 1.807) is 6.07 Å². The Labute approximate surface area is 154 Å². The molecule has 1 heterocycles. The van der Waals surface area contributed by atoms with Gasteiger partial charge in [-0.25, -0.2) is 0 Å². The lowest BCUT2D eigenvalue weighted by molar-refractivity contribution is 0.483. The van der Waals surface area contributed by atoms with Gasteiger partial charge in [-0.05, 0) is 42.8 Å². The SMILES string of the molecule is Cc1cccc(Nc2nc(F)nc(Nc3ccc(S(=O)(=O)O)c(N)c3)n2)c1. The molecule has 140 valence electrons. The molecule has 0 aliphatic carbocycles. The number of aromatic nitrogens is 3. The summed E-state index contributed by atoms with van der Waals surface area (Å²) in [5.74, 6) is -0.130. The van der Waals surface area contributed by atoms with Gasteiger partial charge in [0.2, 0.25) is 11.9 Å². The number of halogens is 1. The third-order valence-corrected chi connectivity index (χ3v) is 4.35. The Balaban J connectivity index is 1.85. The van der Waals surface area contributed by atoms with Crippen molar-refractivity contribution in [1.29, 1.82) is 0 Å². The highest BCUT2D eigenvalue weighted by molar-refractivity contribution is 7.86. The Hall–Kier alpha value is -3.31. The molecule has 0 unspecified atom stereocenters. The number of nitrogens with zero attached hydrogens (tertiary/aromatic N) is 3. The van der Waals surface area contributed by atoms with Gasteiger partial charge in [-0.1, -0.05) is 12.1 Å². The fraction of sp³-hybridized carbons (Fsp3) is 0.0625. The van der Waals surface area contributed by atoms with E-state index in [1.807, 2.05) is 25.1 Å². The molecule has 0 saturated heterocycles. The van der Waals surface area contributed by atoms with Gasteiger partial charge in [-0.15, -0.1) is 0 Å². The van der Waals surface area contributed by atoms with Gasteiger partial charge >= 0.3 is 6.08 Å². The van der Waals surface area contributed by atoms with Crippen LogP contribution in [0.2, 0.25) is 0 Å². The van der Waals surface area contributed by atoms with Crippen molar-refractivity contribution >= 4 is 39.1 Å². The van der Waals surface area contributed by atoms with Gasteiger partial charge in [0, 0.05) is 11.4 Å². The zero-order valence-corrected chi connectivity index (χ0v) is 14.8. The van der Waals surface area contributed by atoms with Crippen molar-refractivity contribution in [2.75, 3.05) is 16.4 Å². The minimum Gasteiger partial charge on any atom is -0.398 e. The van der Waals surface area contributed by atoms with Gasteiger partial charge in [-0.3, -0.25) is 4.55 Å². The summed E-state index contributed by atoms with van der Waals surface area (Å²) in [6.07, 6.45) is -1.01. The number of hydrogen-bond acceptors (Lipinski definition) is 8. The molecule has 0 spiro atoms. The summed E-state index contributed by atoms with van der Waals surface area (Å²) in [6, 6.07) is 11.0. The van der Waals surface area contributed by atoms with Gasteiger partial charge in [0.15, 0.2) is 0 Å². The molecule has 3 rings (SSSR count). The van der Waals surface area contributed by atoms with Crippen LogP contribution in [0.15, 0.2) is 47.4 Å². The molecule has 0 aliphatic heterocycles. The van der Waals surface area contributed by atoms with Crippen LogP contribution in [0.4, 0.5) is 33.3 Å². The molecule has 5 N–H and O–H groups in total. The molecule has 0 atom stereocenters. The maximum atomic E-state index is 13.7. The zero-order valence-electron chi connectivity index (χ0n) is 14.0. The largest absolute Gasteiger partial charge is 0.398 e. The number of benzene rings is 2. The number of anilines is 5. The Morgan fingerprint density at radius 1 is 1.00 bits per heavy atom. The molecule has 1 aromatic heterocycles. The van der Waals surface area contributed by atoms with E-state index in [0.717, 1.165) is 11.6 Å². The summed E-state index contributed by atoms with van der Waals surface area (Å²) in [4.78, 5) is 10.8. The minimum absolute atomic E-state index is 0.0156. The highest BCUT2D eigenvalue weighted by Crippen LogP contribution is 2.24. The molecule has 0 radical (unpaired) electrons. The van der Waals surface area contributed by atoms with Crippen molar-refractivity contribution in [2.45, 2.75) is 11.8 Å². The molecule has 0 bridgehead atoms. The first-order valence-corrected chi connectivity index (χ1v) is 9.04. The summed E-state index contributed by atoms with van der Waals surface area (Å²) in [5, 5.41) is 5.58. The van der Waals surface area contributed by atoms with Crippen LogP contribution in [-0.2, 0) is 10.1 Å². The lowest BCUT2D eigenvalue weighted by atomic mass is 10.2. The second-order valence-corrected chi connectivity index (χ2v) is 6.99. The van der Waals surface area contributed by atoms with Gasteiger partial charge in [0.25, 0.3) is 10.1 Å². The van der Waals surface area contributed by atoms with Gasteiger partial charge in [0.1, 0.15) is 4.90 Å². The van der Waals surface area contributed by atoms with Crippen LogP contribution >= 0.6 is 0 Å². The fourth-order valence-corrected chi connectivity index (χ4v) is 2.90. The molecular formula is C16H15FN6O3S. The van der Waals surface area contributed by atoms with Crippen molar-refractivity contribution in [1.82, 2.24) is 15.0 Å². The third-order valence-electron chi connectivity index (χ3n) is 3.43. The molecule has 27 heavy (non-hydrogen) atoms. The summed E-state index contributed by atoms with van der Waals surface area (Å²) in [6.45, 7) is 1.91. The minimum atomic E-state index is -4.44. The van der Waals surface area contributed by atoms with E-state index in [0.29, 0.717) is 11.4 Å². The van der Waals surface area contributed by atoms with Crippen LogP contribution in [-0.4, -0.2) is 27.9 Å². The van der Waals surface area contributed by atoms with Gasteiger partial charge in [-0.2, -0.15) is 27.8 Å². The number of hydrogen-bond donors (Lipinski definition) is 4. The van der Waals surface area contributed by atoms with E-state index in [1.165, 1.54) is 12.1 Å². The normalized spacial score (nSPS) is 11.2. The summed E-state index contributed by atoms with van der Waals surface area (Å²) >= 11 is 0. The van der Waals surface area contributed by atoms with Crippen LogP contribution in [0.25, 0.3) is 0 Å². The maximum Gasteiger partial charge on any atom is 0.315 e. The molecular weight excluding hydrogens is 375 g/mol. The second kappa shape index (κ2) is 7.13. The average Bonchev–Trinajstić information content (AvgIpc) is 2.53. The third kappa shape index (κ3) is 4.65. The lowest BCUT2D eigenvalue weighted by Gasteiger charge is -2.10. The molecule has 9 nitrogen and oxygen atoms in total. The van der Waals surface area contributed by atoms with Crippen molar-refractivity contribution in [2.24, 2.45) is 0 Å². The molecule has 0 saturated carbocycles. The van der Waals surface area contributed by atoms with Crippen LogP contribution in [0.5, 0.6) is 0 Å². The highest BCUT2D eigenvalue weighted by Gasteiger charge is 2.14. The van der Waals surface area contributed by atoms with Crippen molar-refractivity contribution < 1.29 is 17.4 Å². The average molecular weight is 390 g/mol. The summed E-state index contributed by atoms with van der Waals surface area (Å²) in [5.41, 5.74) is 7.41. The predicted octanol–water partition coefficient (Wildman–Crippen LogP) is 2.64. The van der Waals surface area contributed by atoms with Crippen LogP contribution in [0, 0.1) is 13.0 Å². The Morgan fingerprint density at radius 3 is 2.19 bits per heavy atom. The molecule has 3 aromatic rings. The van der Waals surface area contributed by atoms with E-state index in [-0.39, 0.29) is 17.6 Å². The lowest BCUT2D eigenvalue weighted by Crippen LogP contribution is -2.07. The second-order valence-electron chi connectivity index (χ2n) is 5.60. The Morgan fingerprint density at radius 2 is 1.63 bits per heavy atom. The van der Waals surface area contributed by atoms with Gasteiger partial charge < -0.3 is 16.4 Å². The monoisotopic (exact) mass is 390 g/mol. The number of nitrogen functional groups attached to an aromatic ring is 1. The summed E-state index contributed by atoms with van der Waals surface area (Å²) < 4.78 is 45.1. The Bertz CT molecular complexity index is 1110. The van der Waals surface area contributed by atoms with E-state index >= 15 is 0 Å². The standard InChI is InChI=1S/C16H15FN6O3S/c1-9-3-2-4-10(7-9)19-15-21-14(17)22-16(23-15)20-11-5-6-13(12(18)8-11)27(24,25)26/h2-8H,18H2,1H3,(H,24,25,26)(H2,19,20,21,22,23). The molecule has 0 aliphatic rings. The van der Waals surface area contributed by atoms with Crippen LogP contribution in [0.3, 0.4) is 0 Å². The number of nitrogens with two attached hydrogens (primary N) is 1. The zero-order chi connectivity index (χ0) is 19.6. The van der Waals surface area contributed by atoms with E-state index in [4.69, 9.17) is 10.3 Å². The molecule has 0 fully saturated rings. The van der Waals surface area contributed by atoms with Crippen molar-refractivity contribution in [3.05, 3.63) is 54.1 Å². The van der Waals surface area contributed by atoms with E-state index < -0.39 is 21.1 Å². The first-order valence-electron chi connectivity index (χ1n) is 7.60. The molecule has 0 amide bonds. The van der Waals surface area contributed by atoms with Crippen molar-refractivity contribution in [3.8, 4) is 0 Å². The van der Waals surface area contributed by atoms with Gasteiger partial charge in [0.05, 0.1) is 5.69 Å². The van der Waals surface area contributed by atoms with Crippen molar-refractivity contribution in [3.63, 3.8) is 0 Å². The van der Waals surface area contributed by atoms with Crippen LogP contribution in [0.1, 0.15) is 5.56 Å². The maximum absolute atomic E-state index is 13.7. The van der Waals surface area contributed by atoms with Crippen LogP contribution < -0.4 is 16.4 Å². The first kappa shape index (κ1) is 18.5. The number of nitrogens with one attached hydrogen (secondary N) is 2. The quantitative estimate of drug-likeness (QED) is 0.382. The fourth-order valence-electron chi connectivity index (χ4n) is 2.30. The molecule has 2 aromatic carbocycles. The smallest absolute Gasteiger partial charge is 0.315 e. The molecule has 11 heteroatoms. The van der Waals surface area contributed by atoms with E-state index in [9.17, 15) is 12.8 Å².